The Bertz CT molecular complexity index is 406. The summed E-state index contributed by atoms with van der Waals surface area (Å²) >= 11 is 0. The Morgan fingerprint density at radius 2 is 1.95 bits per heavy atom. The summed E-state index contributed by atoms with van der Waals surface area (Å²) in [5, 5.41) is 3.61. The minimum Gasteiger partial charge on any atom is -0.469 e. The van der Waals surface area contributed by atoms with E-state index in [0.717, 1.165) is 25.7 Å². The maximum absolute atomic E-state index is 12.2. The van der Waals surface area contributed by atoms with E-state index in [1.165, 1.54) is 26.4 Å². The van der Waals surface area contributed by atoms with Crippen molar-refractivity contribution in [2.45, 2.75) is 57.0 Å². The highest BCUT2D eigenvalue weighted by atomic mass is 16.5. The number of hydrogen-bond donors (Lipinski definition) is 1. The molecule has 0 aromatic rings. The Morgan fingerprint density at radius 3 is 2.60 bits per heavy atom. The van der Waals surface area contributed by atoms with E-state index in [1.54, 1.807) is 0 Å². The predicted molar refractivity (Wildman–Crippen MR) is 77.8 cm³/mol. The molecular formula is C17H25NO2. The van der Waals surface area contributed by atoms with Gasteiger partial charge in [0.25, 0.3) is 0 Å². The topological polar surface area (TPSA) is 38.3 Å². The van der Waals surface area contributed by atoms with Gasteiger partial charge >= 0.3 is 5.97 Å². The first-order valence-corrected chi connectivity index (χ1v) is 8.03. The summed E-state index contributed by atoms with van der Waals surface area (Å²) in [4.78, 5) is 12.2. The molecule has 1 N–H and O–H groups in total. The molecule has 2 bridgehead atoms. The van der Waals surface area contributed by atoms with Gasteiger partial charge in [0.15, 0.2) is 0 Å². The van der Waals surface area contributed by atoms with Crippen LogP contribution in [-0.2, 0) is 9.53 Å². The average Bonchev–Trinajstić information content (AvgIpc) is 2.88. The van der Waals surface area contributed by atoms with Gasteiger partial charge in [-0.1, -0.05) is 0 Å². The van der Waals surface area contributed by atoms with Crippen molar-refractivity contribution in [3.05, 3.63) is 0 Å². The van der Waals surface area contributed by atoms with E-state index in [2.05, 4.69) is 11.2 Å². The number of piperidine rings is 1. The minimum atomic E-state index is -0.00748. The fraction of sp³-hybridized carbons (Fsp3) is 0.824. The lowest BCUT2D eigenvalue weighted by molar-refractivity contribution is -0.151. The molecule has 2 saturated heterocycles. The average molecular weight is 275 g/mol. The first-order valence-electron chi connectivity index (χ1n) is 8.03. The first-order chi connectivity index (χ1) is 9.72. The Balaban J connectivity index is 1.73. The molecule has 3 heteroatoms. The van der Waals surface area contributed by atoms with E-state index in [0.29, 0.717) is 29.8 Å². The number of hydrogen-bond acceptors (Lipinski definition) is 3. The van der Waals surface area contributed by atoms with Crippen LogP contribution in [0.4, 0.5) is 0 Å². The molecule has 0 radical (unpaired) electrons. The largest absolute Gasteiger partial charge is 0.469 e. The van der Waals surface area contributed by atoms with Crippen molar-refractivity contribution in [2.75, 3.05) is 7.11 Å². The zero-order chi connectivity index (χ0) is 14.1. The highest BCUT2D eigenvalue weighted by Gasteiger charge is 2.48. The zero-order valence-corrected chi connectivity index (χ0v) is 12.3. The number of esters is 1. The Kier molecular flexibility index (Phi) is 4.03. The molecule has 20 heavy (non-hydrogen) atoms. The highest BCUT2D eigenvalue weighted by molar-refractivity contribution is 5.74. The lowest BCUT2D eigenvalue weighted by atomic mass is 9.67. The second-order valence-electron chi connectivity index (χ2n) is 6.77. The van der Waals surface area contributed by atoms with Gasteiger partial charge in [0.1, 0.15) is 0 Å². The van der Waals surface area contributed by atoms with Gasteiger partial charge in [-0.25, -0.2) is 0 Å². The maximum atomic E-state index is 12.2. The Labute approximate surface area is 121 Å². The van der Waals surface area contributed by atoms with Crippen LogP contribution in [0.25, 0.3) is 0 Å². The second-order valence-corrected chi connectivity index (χ2v) is 6.77. The third-order valence-electron chi connectivity index (χ3n) is 5.81. The molecule has 0 spiro atoms. The van der Waals surface area contributed by atoms with Crippen LogP contribution in [0.5, 0.6) is 0 Å². The Hall–Kier alpha value is -1.01. The molecule has 2 aliphatic heterocycles. The molecule has 0 amide bonds. The van der Waals surface area contributed by atoms with E-state index in [-0.39, 0.29) is 11.9 Å². The van der Waals surface area contributed by atoms with Crippen molar-refractivity contribution in [3.8, 4) is 12.3 Å². The van der Waals surface area contributed by atoms with Gasteiger partial charge in [-0.3, -0.25) is 4.79 Å². The lowest BCUT2D eigenvalue weighted by Crippen LogP contribution is -2.51. The van der Waals surface area contributed by atoms with Gasteiger partial charge in [0.2, 0.25) is 0 Å². The van der Waals surface area contributed by atoms with Crippen molar-refractivity contribution < 1.29 is 9.53 Å². The molecule has 110 valence electrons. The first kappa shape index (κ1) is 13.9. The lowest BCUT2D eigenvalue weighted by Gasteiger charge is -2.42. The van der Waals surface area contributed by atoms with Crippen LogP contribution >= 0.6 is 0 Å². The molecule has 3 fully saturated rings. The number of rotatable bonds is 2. The summed E-state index contributed by atoms with van der Waals surface area (Å²) in [6, 6.07) is 0.966. The number of terminal acetylenes is 1. The van der Waals surface area contributed by atoms with Gasteiger partial charge in [-0.2, -0.15) is 0 Å². The number of carbonyl (C=O) groups is 1. The molecule has 1 aliphatic carbocycles. The van der Waals surface area contributed by atoms with Gasteiger partial charge in [0, 0.05) is 18.0 Å². The van der Waals surface area contributed by atoms with E-state index in [4.69, 9.17) is 11.2 Å². The van der Waals surface area contributed by atoms with Crippen LogP contribution in [0, 0.1) is 36.0 Å². The predicted octanol–water partition coefficient (Wildman–Crippen LogP) is 2.36. The van der Waals surface area contributed by atoms with E-state index in [1.807, 2.05) is 0 Å². The van der Waals surface area contributed by atoms with Crippen LogP contribution in [0.2, 0.25) is 0 Å². The molecule has 3 aliphatic rings. The van der Waals surface area contributed by atoms with Crippen molar-refractivity contribution >= 4 is 5.97 Å². The number of nitrogens with one attached hydrogen (secondary N) is 1. The third-order valence-corrected chi connectivity index (χ3v) is 5.81. The SMILES string of the molecule is C#CC1CCC([C@H]2C[C@H]3CCC(N3)C2C(=O)OC)CC1. The smallest absolute Gasteiger partial charge is 0.310 e. The number of fused-ring (bicyclic) bond motifs is 2. The summed E-state index contributed by atoms with van der Waals surface area (Å²) in [6.07, 6.45) is 13.7. The molecule has 2 heterocycles. The van der Waals surface area contributed by atoms with E-state index >= 15 is 0 Å². The quantitative estimate of drug-likeness (QED) is 0.621. The fourth-order valence-electron chi connectivity index (χ4n) is 4.77. The summed E-state index contributed by atoms with van der Waals surface area (Å²) in [6.45, 7) is 0. The summed E-state index contributed by atoms with van der Waals surface area (Å²) in [7, 11) is 1.52. The Morgan fingerprint density at radius 1 is 1.20 bits per heavy atom. The van der Waals surface area contributed by atoms with E-state index in [9.17, 15) is 4.79 Å². The molecule has 2 unspecified atom stereocenters. The standard InChI is InChI=1S/C17H25NO2/c1-3-11-4-6-12(7-5-11)14-10-13-8-9-15(18-13)16(14)17(19)20-2/h1,11-16,18H,4-10H2,2H3/t11?,12?,13-,14-,15?,16?/m1/s1. The summed E-state index contributed by atoms with van der Waals surface area (Å²) < 4.78 is 5.09. The van der Waals surface area contributed by atoms with Crippen molar-refractivity contribution in [1.29, 1.82) is 0 Å². The van der Waals surface area contributed by atoms with Gasteiger partial charge in [0.05, 0.1) is 13.0 Å². The third kappa shape index (κ3) is 2.46. The van der Waals surface area contributed by atoms with Gasteiger partial charge in [-0.15, -0.1) is 12.3 Å². The molecule has 3 rings (SSSR count). The maximum Gasteiger partial charge on any atom is 0.310 e. The fourth-order valence-corrected chi connectivity index (χ4v) is 4.77. The number of ether oxygens (including phenoxy) is 1. The molecule has 1 saturated carbocycles. The van der Waals surface area contributed by atoms with Crippen LogP contribution in [0.1, 0.15) is 44.9 Å². The molecule has 3 nitrogen and oxygen atoms in total. The molecular weight excluding hydrogens is 250 g/mol. The number of carbonyl (C=O) groups excluding carboxylic acids is 1. The molecule has 0 aromatic heterocycles. The monoisotopic (exact) mass is 275 g/mol. The van der Waals surface area contributed by atoms with Crippen molar-refractivity contribution in [2.24, 2.45) is 23.7 Å². The van der Waals surface area contributed by atoms with Crippen LogP contribution in [0.3, 0.4) is 0 Å². The summed E-state index contributed by atoms with van der Waals surface area (Å²) in [5.41, 5.74) is 0. The molecule has 4 atom stereocenters. The normalized spacial score (nSPS) is 43.8. The van der Waals surface area contributed by atoms with Crippen molar-refractivity contribution in [3.63, 3.8) is 0 Å². The second kappa shape index (κ2) is 5.77. The van der Waals surface area contributed by atoms with Crippen LogP contribution in [0.15, 0.2) is 0 Å². The van der Waals surface area contributed by atoms with Crippen LogP contribution in [-0.4, -0.2) is 25.2 Å². The highest BCUT2D eigenvalue weighted by Crippen LogP contribution is 2.45. The van der Waals surface area contributed by atoms with Crippen molar-refractivity contribution in [1.82, 2.24) is 5.32 Å². The minimum absolute atomic E-state index is 0.00748. The van der Waals surface area contributed by atoms with Gasteiger partial charge < -0.3 is 10.1 Å². The van der Waals surface area contributed by atoms with E-state index < -0.39 is 0 Å². The van der Waals surface area contributed by atoms with Gasteiger partial charge in [-0.05, 0) is 56.8 Å². The summed E-state index contributed by atoms with van der Waals surface area (Å²) in [5.74, 6) is 4.57. The zero-order valence-electron chi connectivity index (χ0n) is 12.3. The van der Waals surface area contributed by atoms with Crippen LogP contribution < -0.4 is 5.32 Å². The molecule has 0 aromatic carbocycles. The number of methoxy groups -OCH3 is 1.